The summed E-state index contributed by atoms with van der Waals surface area (Å²) in [5.74, 6) is 0. The van der Waals surface area contributed by atoms with E-state index >= 15 is 0 Å². The Morgan fingerprint density at radius 1 is 0.407 bits per heavy atom. The monoisotopic (exact) mass is 689 g/mol. The molecule has 0 aliphatic heterocycles. The van der Waals surface area contributed by atoms with Gasteiger partial charge in [-0.1, -0.05) is 97.1 Å². The summed E-state index contributed by atoms with van der Waals surface area (Å²) in [6.45, 7) is 7.96. The van der Waals surface area contributed by atoms with Gasteiger partial charge in [-0.05, 0) is 72.3 Å². The van der Waals surface area contributed by atoms with E-state index in [1.54, 1.807) is 0 Å². The maximum absolute atomic E-state index is 7.96. The highest BCUT2D eigenvalue weighted by Gasteiger charge is 2.22. The molecule has 250 valence electrons. The van der Waals surface area contributed by atoms with Gasteiger partial charge in [0.25, 0.3) is 0 Å². The molecule has 5 heteroatoms. The molecule has 12 rings (SSSR count). The molecule has 4 heterocycles. The molecule has 5 nitrogen and oxygen atoms in total. The van der Waals surface area contributed by atoms with Gasteiger partial charge in [-0.2, -0.15) is 0 Å². The molecule has 54 heavy (non-hydrogen) atoms. The molecule has 0 atom stereocenters. The average Bonchev–Trinajstić information content (AvgIpc) is 3.98. The van der Waals surface area contributed by atoms with Crippen molar-refractivity contribution in [2.24, 2.45) is 0 Å². The van der Waals surface area contributed by atoms with Crippen LogP contribution in [-0.2, 0) is 0 Å². The highest BCUT2D eigenvalue weighted by atomic mass is 16.3. The normalized spacial score (nSPS) is 12.1. The van der Waals surface area contributed by atoms with Crippen LogP contribution in [0.1, 0.15) is 0 Å². The first-order valence-electron chi connectivity index (χ1n) is 18.0. The Balaban J connectivity index is 1.08. The highest BCUT2D eigenvalue weighted by Crippen LogP contribution is 2.44. The van der Waals surface area contributed by atoms with Crippen molar-refractivity contribution in [2.75, 3.05) is 0 Å². The second-order valence-electron chi connectivity index (χ2n) is 13.9. The fraction of sp³-hybridized carbons (Fsp3) is 0. The SMILES string of the molecule is [C-]#[N+]c1ccc(-c2ccc(-n3c4ccccc4c4c5c(ccc43)oc3ccccc35)cc2)c(-n2c3ccccc3c3c4c(ccc32)oc2ccccc24)c1. The number of hydrogen-bond donors (Lipinski definition) is 0. The number of furan rings is 2. The van der Waals surface area contributed by atoms with Crippen molar-refractivity contribution in [2.45, 2.75) is 0 Å². The van der Waals surface area contributed by atoms with E-state index in [4.69, 9.17) is 15.4 Å². The van der Waals surface area contributed by atoms with Crippen LogP contribution < -0.4 is 0 Å². The molecular weight excluding hydrogens is 663 g/mol. The molecule has 0 unspecified atom stereocenters. The Bertz CT molecular complexity index is 3570. The van der Waals surface area contributed by atoms with Gasteiger partial charge in [0.15, 0.2) is 5.69 Å². The number of fused-ring (bicyclic) bond motifs is 14. The van der Waals surface area contributed by atoms with E-state index in [1.807, 2.05) is 36.4 Å². The van der Waals surface area contributed by atoms with Crippen LogP contribution in [0.5, 0.6) is 0 Å². The lowest BCUT2D eigenvalue weighted by Crippen LogP contribution is -1.98. The van der Waals surface area contributed by atoms with E-state index in [-0.39, 0.29) is 0 Å². The summed E-state index contributed by atoms with van der Waals surface area (Å²) in [5, 5.41) is 9.15. The fourth-order valence-corrected chi connectivity index (χ4v) is 8.90. The molecule has 0 saturated heterocycles. The Morgan fingerprint density at radius 3 is 1.52 bits per heavy atom. The van der Waals surface area contributed by atoms with Gasteiger partial charge >= 0.3 is 0 Å². The molecule has 0 spiro atoms. The Kier molecular flexibility index (Phi) is 5.78. The summed E-state index contributed by atoms with van der Waals surface area (Å²) in [6, 6.07) is 57.0. The lowest BCUT2D eigenvalue weighted by Gasteiger charge is -2.16. The first kappa shape index (κ1) is 29.1. The summed E-state index contributed by atoms with van der Waals surface area (Å²) in [6.07, 6.45) is 0. The van der Waals surface area contributed by atoms with Crippen molar-refractivity contribution >= 4 is 93.2 Å². The van der Waals surface area contributed by atoms with Gasteiger partial charge in [0.1, 0.15) is 22.3 Å². The van der Waals surface area contributed by atoms with Crippen molar-refractivity contribution in [1.29, 1.82) is 0 Å². The number of para-hydroxylation sites is 4. The molecule has 0 aliphatic carbocycles. The number of rotatable bonds is 3. The zero-order valence-electron chi connectivity index (χ0n) is 28.7. The molecule has 0 aliphatic rings. The standard InChI is InChI=1S/C49H27N3O2/c1-50-30-20-23-32(41(28-30)52-38-15-7-3-11-34(38)47-40(52)25-27-45-49(47)36-13-5-9-17-43(36)54-45)29-18-21-31(22-19-29)51-37-14-6-2-10-33(37)46-39(51)24-26-44-48(46)35-12-4-8-16-42(35)53-44/h2-28H. The van der Waals surface area contributed by atoms with Gasteiger partial charge in [-0.15, -0.1) is 0 Å². The predicted octanol–water partition coefficient (Wildman–Crippen LogP) is 13.9. The third-order valence-electron chi connectivity index (χ3n) is 11.1. The van der Waals surface area contributed by atoms with Crippen LogP contribution in [0.15, 0.2) is 173 Å². The molecule has 0 radical (unpaired) electrons. The molecular formula is C49H27N3O2. The largest absolute Gasteiger partial charge is 0.456 e. The smallest absolute Gasteiger partial charge is 0.189 e. The van der Waals surface area contributed by atoms with Crippen LogP contribution >= 0.6 is 0 Å². The predicted molar refractivity (Wildman–Crippen MR) is 221 cm³/mol. The second-order valence-corrected chi connectivity index (χ2v) is 13.9. The van der Waals surface area contributed by atoms with E-state index in [2.05, 4.69) is 141 Å². The van der Waals surface area contributed by atoms with Gasteiger partial charge in [0, 0.05) is 60.0 Å². The molecule has 0 fully saturated rings. The van der Waals surface area contributed by atoms with E-state index in [9.17, 15) is 0 Å². The van der Waals surface area contributed by atoms with Crippen LogP contribution in [0, 0.1) is 6.57 Å². The molecule has 0 saturated carbocycles. The van der Waals surface area contributed by atoms with Crippen LogP contribution in [0.4, 0.5) is 5.69 Å². The summed E-state index contributed by atoms with van der Waals surface area (Å²) in [4.78, 5) is 3.87. The second kappa shape index (κ2) is 10.7. The van der Waals surface area contributed by atoms with Crippen LogP contribution in [0.3, 0.4) is 0 Å². The molecule has 0 amide bonds. The van der Waals surface area contributed by atoms with Gasteiger partial charge in [0.2, 0.25) is 0 Å². The minimum Gasteiger partial charge on any atom is -0.456 e. The quantitative estimate of drug-likeness (QED) is 0.173. The van der Waals surface area contributed by atoms with Crippen molar-refractivity contribution in [1.82, 2.24) is 9.13 Å². The number of hydrogen-bond acceptors (Lipinski definition) is 2. The van der Waals surface area contributed by atoms with E-state index < -0.39 is 0 Å². The van der Waals surface area contributed by atoms with Gasteiger partial charge in [0.05, 0.1) is 28.6 Å². The van der Waals surface area contributed by atoms with Crippen LogP contribution in [-0.4, -0.2) is 9.13 Å². The maximum atomic E-state index is 7.96. The lowest BCUT2D eigenvalue weighted by molar-refractivity contribution is 0.669. The highest BCUT2D eigenvalue weighted by molar-refractivity contribution is 6.28. The Labute approximate surface area is 307 Å². The zero-order valence-corrected chi connectivity index (χ0v) is 28.7. The van der Waals surface area contributed by atoms with E-state index in [1.165, 1.54) is 10.8 Å². The maximum Gasteiger partial charge on any atom is 0.189 e. The summed E-state index contributed by atoms with van der Waals surface area (Å²) in [5.41, 5.74) is 12.7. The molecule has 12 aromatic rings. The molecule has 0 N–H and O–H groups in total. The third-order valence-corrected chi connectivity index (χ3v) is 11.1. The number of benzene rings is 8. The topological polar surface area (TPSA) is 40.5 Å². The number of nitrogens with zero attached hydrogens (tertiary/aromatic N) is 3. The van der Waals surface area contributed by atoms with Crippen molar-refractivity contribution in [3.63, 3.8) is 0 Å². The first-order chi connectivity index (χ1) is 26.7. The Hall–Kier alpha value is -7.55. The lowest BCUT2D eigenvalue weighted by atomic mass is 10.0. The van der Waals surface area contributed by atoms with Gasteiger partial charge in [-0.3, -0.25) is 0 Å². The minimum atomic E-state index is 0.592. The fourth-order valence-electron chi connectivity index (χ4n) is 8.90. The summed E-state index contributed by atoms with van der Waals surface area (Å²) >= 11 is 0. The Morgan fingerprint density at radius 2 is 0.926 bits per heavy atom. The molecule has 8 aromatic carbocycles. The molecule has 4 aromatic heterocycles. The van der Waals surface area contributed by atoms with E-state index in [0.717, 1.165) is 99.2 Å². The van der Waals surface area contributed by atoms with Crippen molar-refractivity contribution in [3.8, 4) is 22.5 Å². The summed E-state index contributed by atoms with van der Waals surface area (Å²) < 4.78 is 17.3. The first-order valence-corrected chi connectivity index (χ1v) is 18.0. The zero-order chi connectivity index (χ0) is 35.5. The van der Waals surface area contributed by atoms with Gasteiger partial charge < -0.3 is 18.0 Å². The van der Waals surface area contributed by atoms with Crippen LogP contribution in [0.25, 0.3) is 115 Å². The van der Waals surface area contributed by atoms with Crippen LogP contribution in [0.2, 0.25) is 0 Å². The van der Waals surface area contributed by atoms with Crippen molar-refractivity contribution < 1.29 is 8.83 Å². The third kappa shape index (κ3) is 3.86. The van der Waals surface area contributed by atoms with Crippen molar-refractivity contribution in [3.05, 3.63) is 175 Å². The van der Waals surface area contributed by atoms with Gasteiger partial charge in [-0.25, -0.2) is 4.85 Å². The summed E-state index contributed by atoms with van der Waals surface area (Å²) in [7, 11) is 0. The average molecular weight is 690 g/mol. The number of aromatic nitrogens is 2. The molecule has 0 bridgehead atoms. The van der Waals surface area contributed by atoms with E-state index in [0.29, 0.717) is 5.69 Å². The minimum absolute atomic E-state index is 0.592.